The number of nitrogens with two attached hydrogens (primary N) is 1. The van der Waals surface area contributed by atoms with Gasteiger partial charge in [-0.25, -0.2) is 9.97 Å². The normalized spacial score (nSPS) is 11.6. The molecule has 0 saturated heterocycles. The molecular weight excluding hydrogens is 312 g/mol. The minimum atomic E-state index is 0.0507. The third kappa shape index (κ3) is 3.00. The Labute approximate surface area is 119 Å². The van der Waals surface area contributed by atoms with Gasteiger partial charge >= 0.3 is 0 Å². The van der Waals surface area contributed by atoms with Crippen LogP contribution < -0.4 is 11.1 Å². The predicted molar refractivity (Wildman–Crippen MR) is 80.4 cm³/mol. The molecule has 2 aromatic rings. The topological polar surface area (TPSA) is 63.8 Å². The van der Waals surface area contributed by atoms with Crippen molar-refractivity contribution < 1.29 is 0 Å². The van der Waals surface area contributed by atoms with Crippen molar-refractivity contribution in [2.45, 2.75) is 26.2 Å². The van der Waals surface area contributed by atoms with Gasteiger partial charge in [0.1, 0.15) is 0 Å². The summed E-state index contributed by atoms with van der Waals surface area (Å²) in [4.78, 5) is 8.77. The van der Waals surface area contributed by atoms with E-state index in [0.717, 1.165) is 15.3 Å². The van der Waals surface area contributed by atoms with E-state index in [-0.39, 0.29) is 5.41 Å². The standard InChI is InChI=1S/C12H15BrN4S/c1-12(2,3)9-6-18-11(16-9)17-10-8(14)4-7(13)5-15-10/h4-6H,14H2,1-3H3,(H,15,16,17). The highest BCUT2D eigenvalue weighted by atomic mass is 79.9. The van der Waals surface area contributed by atoms with Crippen molar-refractivity contribution in [3.63, 3.8) is 0 Å². The SMILES string of the molecule is CC(C)(C)c1csc(Nc2ncc(Br)cc2N)n1. The number of nitrogen functional groups attached to an aromatic ring is 1. The fourth-order valence-electron chi connectivity index (χ4n) is 1.34. The second-order valence-electron chi connectivity index (χ2n) is 5.00. The summed E-state index contributed by atoms with van der Waals surface area (Å²) in [6.07, 6.45) is 1.71. The van der Waals surface area contributed by atoms with Crippen molar-refractivity contribution in [2.24, 2.45) is 0 Å². The number of nitrogens with one attached hydrogen (secondary N) is 1. The molecule has 0 fully saturated rings. The third-order valence-electron chi connectivity index (χ3n) is 2.38. The first-order chi connectivity index (χ1) is 8.36. The average molecular weight is 327 g/mol. The lowest BCUT2D eigenvalue weighted by Crippen LogP contribution is -2.11. The quantitative estimate of drug-likeness (QED) is 0.877. The van der Waals surface area contributed by atoms with E-state index in [2.05, 4.69) is 57.4 Å². The molecule has 18 heavy (non-hydrogen) atoms. The Hall–Kier alpha value is -1.14. The van der Waals surface area contributed by atoms with E-state index in [1.165, 1.54) is 0 Å². The smallest absolute Gasteiger partial charge is 0.188 e. The molecular formula is C12H15BrN4S. The Morgan fingerprint density at radius 2 is 2.11 bits per heavy atom. The van der Waals surface area contributed by atoms with E-state index in [9.17, 15) is 0 Å². The van der Waals surface area contributed by atoms with E-state index in [4.69, 9.17) is 5.73 Å². The number of anilines is 3. The van der Waals surface area contributed by atoms with Gasteiger partial charge in [0.15, 0.2) is 10.9 Å². The molecule has 2 heterocycles. The van der Waals surface area contributed by atoms with Gasteiger partial charge in [-0.2, -0.15) is 0 Å². The van der Waals surface area contributed by atoms with Crippen LogP contribution in [0.1, 0.15) is 26.5 Å². The Kier molecular flexibility index (Phi) is 3.59. The molecule has 2 aromatic heterocycles. The molecule has 0 unspecified atom stereocenters. The summed E-state index contributed by atoms with van der Waals surface area (Å²) in [6.45, 7) is 6.41. The maximum absolute atomic E-state index is 5.88. The van der Waals surface area contributed by atoms with Crippen LogP contribution in [0.3, 0.4) is 0 Å². The predicted octanol–water partition coefficient (Wildman–Crippen LogP) is 3.92. The van der Waals surface area contributed by atoms with Crippen LogP contribution in [0, 0.1) is 0 Å². The minimum Gasteiger partial charge on any atom is -0.396 e. The first-order valence-electron chi connectivity index (χ1n) is 5.50. The molecule has 0 saturated carbocycles. The Morgan fingerprint density at radius 1 is 1.39 bits per heavy atom. The van der Waals surface area contributed by atoms with Crippen LogP contribution in [0.5, 0.6) is 0 Å². The van der Waals surface area contributed by atoms with Crippen LogP contribution in [-0.2, 0) is 5.41 Å². The molecule has 0 aliphatic rings. The third-order valence-corrected chi connectivity index (χ3v) is 3.57. The van der Waals surface area contributed by atoms with E-state index in [1.54, 1.807) is 17.5 Å². The number of nitrogens with zero attached hydrogens (tertiary/aromatic N) is 2. The van der Waals surface area contributed by atoms with Gasteiger partial charge in [-0.15, -0.1) is 11.3 Å². The van der Waals surface area contributed by atoms with Crippen molar-refractivity contribution in [3.05, 3.63) is 27.8 Å². The molecule has 4 nitrogen and oxygen atoms in total. The van der Waals surface area contributed by atoms with Crippen molar-refractivity contribution >= 4 is 43.9 Å². The Bertz CT molecular complexity index is 559. The summed E-state index contributed by atoms with van der Waals surface area (Å²) in [5, 5.41) is 6.00. The van der Waals surface area contributed by atoms with Crippen LogP contribution in [0.4, 0.5) is 16.6 Å². The van der Waals surface area contributed by atoms with Crippen LogP contribution in [0.25, 0.3) is 0 Å². The molecule has 6 heteroatoms. The molecule has 0 amide bonds. The van der Waals surface area contributed by atoms with Crippen LogP contribution >= 0.6 is 27.3 Å². The second-order valence-corrected chi connectivity index (χ2v) is 6.78. The molecule has 0 aromatic carbocycles. The number of rotatable bonds is 2. The number of hydrogen-bond donors (Lipinski definition) is 2. The number of aromatic nitrogens is 2. The summed E-state index contributed by atoms with van der Waals surface area (Å²) in [7, 11) is 0. The van der Waals surface area contributed by atoms with Gasteiger partial charge in [-0.3, -0.25) is 0 Å². The fourth-order valence-corrected chi connectivity index (χ4v) is 2.62. The Morgan fingerprint density at radius 3 is 2.67 bits per heavy atom. The molecule has 3 N–H and O–H groups in total. The van der Waals surface area contributed by atoms with Crippen molar-refractivity contribution in [2.75, 3.05) is 11.1 Å². The van der Waals surface area contributed by atoms with E-state index >= 15 is 0 Å². The summed E-state index contributed by atoms with van der Waals surface area (Å²) in [5.41, 5.74) is 7.59. The fraction of sp³-hybridized carbons (Fsp3) is 0.333. The van der Waals surface area contributed by atoms with Crippen molar-refractivity contribution in [1.29, 1.82) is 0 Å². The lowest BCUT2D eigenvalue weighted by Gasteiger charge is -2.14. The highest BCUT2D eigenvalue weighted by Gasteiger charge is 2.17. The molecule has 0 atom stereocenters. The van der Waals surface area contributed by atoms with Gasteiger partial charge in [0.25, 0.3) is 0 Å². The average Bonchev–Trinajstić information content (AvgIpc) is 2.70. The summed E-state index contributed by atoms with van der Waals surface area (Å²) >= 11 is 4.88. The molecule has 96 valence electrons. The van der Waals surface area contributed by atoms with Crippen molar-refractivity contribution in [3.8, 4) is 0 Å². The van der Waals surface area contributed by atoms with Gasteiger partial charge < -0.3 is 11.1 Å². The van der Waals surface area contributed by atoms with E-state index in [1.807, 2.05) is 6.07 Å². The zero-order valence-corrected chi connectivity index (χ0v) is 12.9. The summed E-state index contributed by atoms with van der Waals surface area (Å²) < 4.78 is 0.861. The van der Waals surface area contributed by atoms with Crippen LogP contribution in [0.15, 0.2) is 22.1 Å². The second kappa shape index (κ2) is 4.85. The molecule has 0 aliphatic carbocycles. The number of halogens is 1. The van der Waals surface area contributed by atoms with Crippen LogP contribution in [0.2, 0.25) is 0 Å². The minimum absolute atomic E-state index is 0.0507. The molecule has 2 rings (SSSR count). The first-order valence-corrected chi connectivity index (χ1v) is 7.17. The summed E-state index contributed by atoms with van der Waals surface area (Å²) in [5.74, 6) is 0.632. The van der Waals surface area contributed by atoms with Crippen molar-refractivity contribution in [1.82, 2.24) is 9.97 Å². The van der Waals surface area contributed by atoms with Gasteiger partial charge in [-0.05, 0) is 22.0 Å². The van der Waals surface area contributed by atoms with Crippen LogP contribution in [-0.4, -0.2) is 9.97 Å². The first kappa shape index (κ1) is 13.3. The van der Waals surface area contributed by atoms with Gasteiger partial charge in [0.05, 0.1) is 11.4 Å². The van der Waals surface area contributed by atoms with Gasteiger partial charge in [0.2, 0.25) is 0 Å². The maximum atomic E-state index is 5.88. The lowest BCUT2D eigenvalue weighted by atomic mass is 9.93. The largest absolute Gasteiger partial charge is 0.396 e. The lowest BCUT2D eigenvalue weighted by molar-refractivity contribution is 0.573. The zero-order chi connectivity index (χ0) is 13.3. The number of hydrogen-bond acceptors (Lipinski definition) is 5. The Balaban J connectivity index is 2.21. The van der Waals surface area contributed by atoms with Gasteiger partial charge in [-0.1, -0.05) is 20.8 Å². The molecule has 0 radical (unpaired) electrons. The number of thiazole rings is 1. The van der Waals surface area contributed by atoms with E-state index < -0.39 is 0 Å². The highest BCUT2D eigenvalue weighted by Crippen LogP contribution is 2.29. The molecule has 0 aliphatic heterocycles. The van der Waals surface area contributed by atoms with E-state index in [0.29, 0.717) is 11.5 Å². The molecule has 0 bridgehead atoms. The maximum Gasteiger partial charge on any atom is 0.188 e. The number of pyridine rings is 1. The summed E-state index contributed by atoms with van der Waals surface area (Å²) in [6, 6.07) is 1.81. The van der Waals surface area contributed by atoms with Gasteiger partial charge in [0, 0.05) is 21.5 Å². The zero-order valence-electron chi connectivity index (χ0n) is 10.5. The monoisotopic (exact) mass is 326 g/mol. The highest BCUT2D eigenvalue weighted by molar-refractivity contribution is 9.10. The molecule has 0 spiro atoms.